The third kappa shape index (κ3) is 6.02. The Morgan fingerprint density at radius 1 is 1.13 bits per heavy atom. The lowest BCUT2D eigenvalue weighted by molar-refractivity contribution is 0.0383. The van der Waals surface area contributed by atoms with Gasteiger partial charge >= 0.3 is 0 Å². The number of carbonyl (C=O) groups excluding carboxylic acids is 1. The molecule has 1 heterocycles. The summed E-state index contributed by atoms with van der Waals surface area (Å²) in [4.78, 5) is 14.7. The van der Waals surface area contributed by atoms with E-state index in [9.17, 15) is 13.2 Å². The number of rotatable bonds is 9. The van der Waals surface area contributed by atoms with Crippen LogP contribution in [-0.2, 0) is 21.3 Å². The summed E-state index contributed by atoms with van der Waals surface area (Å²) in [5, 5.41) is 2.84. The third-order valence-corrected chi connectivity index (χ3v) is 6.26. The molecule has 0 saturated carbocycles. The molecule has 0 radical (unpaired) electrons. The molecular weight excluding hydrogens is 406 g/mol. The molecule has 1 aliphatic rings. The summed E-state index contributed by atoms with van der Waals surface area (Å²) < 4.78 is 38.8. The van der Waals surface area contributed by atoms with E-state index in [4.69, 9.17) is 9.47 Å². The van der Waals surface area contributed by atoms with E-state index in [1.54, 1.807) is 6.07 Å². The maximum absolute atomic E-state index is 12.8. The second-order valence-electron chi connectivity index (χ2n) is 6.89. The first-order valence-corrected chi connectivity index (χ1v) is 11.3. The van der Waals surface area contributed by atoms with Crippen molar-refractivity contribution in [2.24, 2.45) is 0 Å². The molecule has 0 bridgehead atoms. The molecule has 1 amide bonds. The van der Waals surface area contributed by atoms with Crippen LogP contribution in [0.1, 0.15) is 15.9 Å². The van der Waals surface area contributed by atoms with Gasteiger partial charge < -0.3 is 14.8 Å². The monoisotopic (exact) mass is 433 g/mol. The van der Waals surface area contributed by atoms with Gasteiger partial charge in [0.1, 0.15) is 10.6 Å². The van der Waals surface area contributed by atoms with Crippen molar-refractivity contribution in [1.29, 1.82) is 0 Å². The fraction of sp³-hybridized carbons (Fsp3) is 0.381. The van der Waals surface area contributed by atoms with Crippen LogP contribution in [0.5, 0.6) is 5.75 Å². The lowest BCUT2D eigenvalue weighted by Crippen LogP contribution is -2.41. The highest BCUT2D eigenvalue weighted by Crippen LogP contribution is 2.25. The average Bonchev–Trinajstić information content (AvgIpc) is 2.78. The predicted molar refractivity (Wildman–Crippen MR) is 113 cm³/mol. The van der Waals surface area contributed by atoms with Crippen molar-refractivity contribution in [3.63, 3.8) is 0 Å². The number of sulfonamides is 1. The van der Waals surface area contributed by atoms with Crippen LogP contribution in [0, 0.1) is 0 Å². The summed E-state index contributed by atoms with van der Waals surface area (Å²) in [5.74, 6) is -0.147. The maximum atomic E-state index is 12.8. The summed E-state index contributed by atoms with van der Waals surface area (Å²) in [6.07, 6.45) is 0. The fourth-order valence-electron chi connectivity index (χ4n) is 3.13. The van der Waals surface area contributed by atoms with Crippen LogP contribution in [0.3, 0.4) is 0 Å². The number of morpholine rings is 1. The lowest BCUT2D eigenvalue weighted by atomic mass is 10.2. The molecule has 0 aliphatic carbocycles. The largest absolute Gasteiger partial charge is 0.495 e. The van der Waals surface area contributed by atoms with Gasteiger partial charge in [-0.3, -0.25) is 9.69 Å². The van der Waals surface area contributed by atoms with Gasteiger partial charge in [-0.25, -0.2) is 13.1 Å². The molecule has 9 heteroatoms. The zero-order valence-electron chi connectivity index (χ0n) is 17.0. The molecule has 1 aliphatic heterocycles. The van der Waals surface area contributed by atoms with Crippen LogP contribution in [0.4, 0.5) is 0 Å². The standard InChI is InChI=1S/C21H27N3O5S/c1-28-19-8-7-18(21(25)22-9-10-24-11-13-29-14-12-24)15-20(19)30(26,27)23-16-17-5-3-2-4-6-17/h2-8,15,23H,9-14,16H2,1H3,(H,22,25). The first-order valence-electron chi connectivity index (χ1n) is 9.79. The highest BCUT2D eigenvalue weighted by atomic mass is 32.2. The quantitative estimate of drug-likeness (QED) is 0.618. The Hall–Kier alpha value is -2.46. The zero-order chi connectivity index (χ0) is 21.4. The van der Waals surface area contributed by atoms with Crippen molar-refractivity contribution >= 4 is 15.9 Å². The van der Waals surface area contributed by atoms with Crippen molar-refractivity contribution in [2.45, 2.75) is 11.4 Å². The molecule has 2 aromatic rings. The molecule has 1 fully saturated rings. The highest BCUT2D eigenvalue weighted by Gasteiger charge is 2.21. The summed E-state index contributed by atoms with van der Waals surface area (Å²) in [6, 6.07) is 13.6. The molecule has 2 N–H and O–H groups in total. The van der Waals surface area contributed by atoms with E-state index in [2.05, 4.69) is 14.9 Å². The molecule has 30 heavy (non-hydrogen) atoms. The van der Waals surface area contributed by atoms with Gasteiger partial charge in [-0.1, -0.05) is 30.3 Å². The van der Waals surface area contributed by atoms with E-state index >= 15 is 0 Å². The molecule has 162 valence electrons. The number of methoxy groups -OCH3 is 1. The molecule has 2 aromatic carbocycles. The summed E-state index contributed by atoms with van der Waals surface area (Å²) in [5.41, 5.74) is 1.09. The molecule has 3 rings (SSSR count). The SMILES string of the molecule is COc1ccc(C(=O)NCCN2CCOCC2)cc1S(=O)(=O)NCc1ccccc1. The minimum Gasteiger partial charge on any atom is -0.495 e. The number of hydrogen-bond donors (Lipinski definition) is 2. The Morgan fingerprint density at radius 2 is 1.87 bits per heavy atom. The topological polar surface area (TPSA) is 97.0 Å². The van der Waals surface area contributed by atoms with Crippen molar-refractivity contribution in [1.82, 2.24) is 14.9 Å². The minimum atomic E-state index is -3.87. The normalized spacial score (nSPS) is 15.0. The average molecular weight is 434 g/mol. The van der Waals surface area contributed by atoms with Crippen molar-refractivity contribution in [3.8, 4) is 5.75 Å². The molecule has 0 aromatic heterocycles. The fourth-order valence-corrected chi connectivity index (χ4v) is 4.34. The van der Waals surface area contributed by atoms with E-state index in [0.717, 1.165) is 25.2 Å². The van der Waals surface area contributed by atoms with Gasteiger partial charge in [0.15, 0.2) is 0 Å². The summed E-state index contributed by atoms with van der Waals surface area (Å²) >= 11 is 0. The van der Waals surface area contributed by atoms with E-state index in [-0.39, 0.29) is 28.7 Å². The van der Waals surface area contributed by atoms with Crippen molar-refractivity contribution in [3.05, 3.63) is 59.7 Å². The van der Waals surface area contributed by atoms with Crippen LogP contribution in [0.15, 0.2) is 53.4 Å². The number of ether oxygens (including phenoxy) is 2. The van der Waals surface area contributed by atoms with Crippen LogP contribution < -0.4 is 14.8 Å². The van der Waals surface area contributed by atoms with Gasteiger partial charge in [-0.2, -0.15) is 0 Å². The smallest absolute Gasteiger partial charge is 0.251 e. The lowest BCUT2D eigenvalue weighted by Gasteiger charge is -2.26. The zero-order valence-corrected chi connectivity index (χ0v) is 17.8. The Bertz CT molecular complexity index is 944. The van der Waals surface area contributed by atoms with E-state index < -0.39 is 10.0 Å². The van der Waals surface area contributed by atoms with Crippen LogP contribution in [0.2, 0.25) is 0 Å². The Kier molecular flexibility index (Phi) is 7.81. The Morgan fingerprint density at radius 3 is 2.57 bits per heavy atom. The van der Waals surface area contributed by atoms with E-state index in [1.165, 1.54) is 19.2 Å². The van der Waals surface area contributed by atoms with Gasteiger partial charge in [0.25, 0.3) is 5.91 Å². The second-order valence-corrected chi connectivity index (χ2v) is 8.62. The van der Waals surface area contributed by atoms with Crippen LogP contribution in [0.25, 0.3) is 0 Å². The number of nitrogens with zero attached hydrogens (tertiary/aromatic N) is 1. The van der Waals surface area contributed by atoms with Gasteiger partial charge in [-0.05, 0) is 23.8 Å². The third-order valence-electron chi connectivity index (χ3n) is 4.84. The minimum absolute atomic E-state index is 0.0678. The number of hydrogen-bond acceptors (Lipinski definition) is 6. The molecule has 8 nitrogen and oxygen atoms in total. The molecule has 0 unspecified atom stereocenters. The van der Waals surface area contributed by atoms with Crippen molar-refractivity contribution < 1.29 is 22.7 Å². The maximum Gasteiger partial charge on any atom is 0.251 e. The number of carbonyl (C=O) groups is 1. The first-order chi connectivity index (χ1) is 14.5. The summed E-state index contributed by atoms with van der Waals surface area (Å²) in [6.45, 7) is 4.41. The Balaban J connectivity index is 1.66. The first kappa shape index (κ1) is 22.2. The van der Waals surface area contributed by atoms with E-state index in [1.807, 2.05) is 30.3 Å². The highest BCUT2D eigenvalue weighted by molar-refractivity contribution is 7.89. The molecule has 1 saturated heterocycles. The van der Waals surface area contributed by atoms with Gasteiger partial charge in [0.2, 0.25) is 10.0 Å². The van der Waals surface area contributed by atoms with Gasteiger partial charge in [0.05, 0.1) is 20.3 Å². The number of amides is 1. The molecule has 0 spiro atoms. The predicted octanol–water partition coefficient (Wildman–Crippen LogP) is 1.24. The summed E-state index contributed by atoms with van der Waals surface area (Å²) in [7, 11) is -2.48. The number of nitrogens with one attached hydrogen (secondary N) is 2. The van der Waals surface area contributed by atoms with Crippen LogP contribution in [-0.4, -0.2) is 65.7 Å². The molecule has 0 atom stereocenters. The Labute approximate surface area is 177 Å². The number of benzene rings is 2. The van der Waals surface area contributed by atoms with E-state index in [0.29, 0.717) is 19.8 Å². The second kappa shape index (κ2) is 10.5. The van der Waals surface area contributed by atoms with Gasteiger partial charge in [0, 0.05) is 38.3 Å². The van der Waals surface area contributed by atoms with Crippen molar-refractivity contribution in [2.75, 3.05) is 46.5 Å². The van der Waals surface area contributed by atoms with Crippen LogP contribution >= 0.6 is 0 Å². The van der Waals surface area contributed by atoms with Gasteiger partial charge in [-0.15, -0.1) is 0 Å². The molecular formula is C21H27N3O5S.